The molecule has 1 aromatic heterocycles. The van der Waals surface area contributed by atoms with E-state index in [9.17, 15) is 9.59 Å². The minimum absolute atomic E-state index is 0.0200. The summed E-state index contributed by atoms with van der Waals surface area (Å²) in [5, 5.41) is 16.2. The lowest BCUT2D eigenvalue weighted by atomic mass is 9.98. The maximum Gasteiger partial charge on any atom is 0.407 e. The number of benzene rings is 2. The molecule has 1 aliphatic rings. The van der Waals surface area contributed by atoms with Gasteiger partial charge >= 0.3 is 12.1 Å². The Morgan fingerprint density at radius 1 is 1.12 bits per heavy atom. The second-order valence-electron chi connectivity index (χ2n) is 8.01. The van der Waals surface area contributed by atoms with Crippen LogP contribution in [0, 0.1) is 0 Å². The summed E-state index contributed by atoms with van der Waals surface area (Å²) in [5.41, 5.74) is 5.58. The Kier molecular flexibility index (Phi) is 6.54. The van der Waals surface area contributed by atoms with Crippen molar-refractivity contribution in [2.45, 2.75) is 44.7 Å². The number of carboxylic acid groups (broad SMARTS) is 1. The number of nitrogens with zero attached hydrogens (tertiary/aromatic N) is 2. The summed E-state index contributed by atoms with van der Waals surface area (Å²) in [5.74, 6) is -0.915. The Balaban J connectivity index is 1.41. The van der Waals surface area contributed by atoms with Crippen molar-refractivity contribution in [2.24, 2.45) is 0 Å². The van der Waals surface area contributed by atoms with E-state index in [1.165, 1.54) is 11.1 Å². The lowest BCUT2D eigenvalue weighted by Crippen LogP contribution is -2.37. The molecule has 0 saturated heterocycles. The number of carbonyl (C=O) groups excluding carboxylic acids is 1. The lowest BCUT2D eigenvalue weighted by molar-refractivity contribution is -0.137. The zero-order valence-corrected chi connectivity index (χ0v) is 18.0. The van der Waals surface area contributed by atoms with Gasteiger partial charge in [-0.1, -0.05) is 48.5 Å². The molecule has 1 atom stereocenters. The molecule has 0 aliphatic heterocycles. The van der Waals surface area contributed by atoms with Crippen LogP contribution in [0.3, 0.4) is 0 Å². The number of aromatic nitrogens is 2. The number of nitrogens with one attached hydrogen (secondary N) is 1. The molecule has 2 aromatic carbocycles. The van der Waals surface area contributed by atoms with E-state index >= 15 is 0 Å². The van der Waals surface area contributed by atoms with Crippen LogP contribution in [0.15, 0.2) is 60.9 Å². The molecule has 32 heavy (non-hydrogen) atoms. The summed E-state index contributed by atoms with van der Waals surface area (Å²) >= 11 is 0. The molecule has 1 aliphatic carbocycles. The van der Waals surface area contributed by atoms with E-state index in [4.69, 9.17) is 9.84 Å². The molecule has 166 valence electrons. The number of carboxylic acids is 1. The number of rotatable bonds is 9. The second-order valence-corrected chi connectivity index (χ2v) is 8.01. The highest BCUT2D eigenvalue weighted by atomic mass is 16.5. The highest BCUT2D eigenvalue weighted by molar-refractivity contribution is 5.79. The summed E-state index contributed by atoms with van der Waals surface area (Å²) in [4.78, 5) is 23.7. The van der Waals surface area contributed by atoms with Crippen LogP contribution < -0.4 is 5.32 Å². The first-order chi connectivity index (χ1) is 15.5. The van der Waals surface area contributed by atoms with Gasteiger partial charge in [0.1, 0.15) is 6.61 Å². The average molecular weight is 434 g/mol. The van der Waals surface area contributed by atoms with E-state index in [0.717, 1.165) is 23.2 Å². The van der Waals surface area contributed by atoms with Gasteiger partial charge in [-0.3, -0.25) is 9.48 Å². The van der Waals surface area contributed by atoms with Crippen LogP contribution in [0.2, 0.25) is 0 Å². The Hall–Kier alpha value is -3.61. The second kappa shape index (κ2) is 9.68. The molecule has 4 rings (SSSR count). The maximum atomic E-state index is 12.6. The van der Waals surface area contributed by atoms with Gasteiger partial charge in [0, 0.05) is 31.1 Å². The van der Waals surface area contributed by atoms with Crippen molar-refractivity contribution in [2.75, 3.05) is 6.61 Å². The molecular weight excluding hydrogens is 406 g/mol. The first kappa shape index (κ1) is 21.6. The fourth-order valence-corrected chi connectivity index (χ4v) is 4.30. The summed E-state index contributed by atoms with van der Waals surface area (Å²) in [6.45, 7) is 2.96. The molecule has 0 saturated carbocycles. The van der Waals surface area contributed by atoms with Crippen molar-refractivity contribution in [1.29, 1.82) is 0 Å². The summed E-state index contributed by atoms with van der Waals surface area (Å²) in [7, 11) is 0. The predicted octanol–water partition coefficient (Wildman–Crippen LogP) is 4.22. The van der Waals surface area contributed by atoms with Gasteiger partial charge in [-0.05, 0) is 47.6 Å². The van der Waals surface area contributed by atoms with Gasteiger partial charge in [0.05, 0.1) is 6.20 Å². The zero-order valence-electron chi connectivity index (χ0n) is 18.0. The predicted molar refractivity (Wildman–Crippen MR) is 120 cm³/mol. The number of amides is 1. The van der Waals surface area contributed by atoms with E-state index in [0.29, 0.717) is 12.8 Å². The summed E-state index contributed by atoms with van der Waals surface area (Å²) in [6, 6.07) is 16.0. The maximum absolute atomic E-state index is 12.6. The quantitative estimate of drug-likeness (QED) is 0.527. The topological polar surface area (TPSA) is 93.5 Å². The third-order valence-electron chi connectivity index (χ3n) is 5.87. The van der Waals surface area contributed by atoms with Gasteiger partial charge in [-0.25, -0.2) is 4.79 Å². The Labute approximate surface area is 187 Å². The van der Waals surface area contributed by atoms with Crippen LogP contribution in [-0.2, 0) is 22.5 Å². The number of hydrogen-bond donors (Lipinski definition) is 2. The van der Waals surface area contributed by atoms with Gasteiger partial charge in [0.15, 0.2) is 0 Å². The molecule has 1 unspecified atom stereocenters. The number of hydrogen-bond acceptors (Lipinski definition) is 4. The summed E-state index contributed by atoms with van der Waals surface area (Å²) < 4.78 is 7.43. The SMILES string of the molecule is CCn1cc(CC(CCC(=O)O)NC(=O)OCC2c3ccccc3-c3ccccc32)cn1. The highest BCUT2D eigenvalue weighted by Gasteiger charge is 2.29. The van der Waals surface area contributed by atoms with Crippen LogP contribution in [0.4, 0.5) is 4.79 Å². The lowest BCUT2D eigenvalue weighted by Gasteiger charge is -2.19. The van der Waals surface area contributed by atoms with Crippen LogP contribution >= 0.6 is 0 Å². The highest BCUT2D eigenvalue weighted by Crippen LogP contribution is 2.44. The molecule has 1 heterocycles. The van der Waals surface area contributed by atoms with E-state index < -0.39 is 12.1 Å². The fraction of sp³-hybridized carbons (Fsp3) is 0.320. The van der Waals surface area contributed by atoms with Crippen molar-refractivity contribution >= 4 is 12.1 Å². The first-order valence-electron chi connectivity index (χ1n) is 10.9. The van der Waals surface area contributed by atoms with Gasteiger partial charge in [0.25, 0.3) is 0 Å². The normalized spacial score (nSPS) is 13.3. The van der Waals surface area contributed by atoms with Crippen LogP contribution in [0.25, 0.3) is 11.1 Å². The van der Waals surface area contributed by atoms with Gasteiger partial charge in [0.2, 0.25) is 0 Å². The smallest absolute Gasteiger partial charge is 0.407 e. The minimum atomic E-state index is -0.895. The average Bonchev–Trinajstić information content (AvgIpc) is 3.38. The molecule has 0 radical (unpaired) electrons. The van der Waals surface area contributed by atoms with Gasteiger partial charge < -0.3 is 15.2 Å². The number of carbonyl (C=O) groups is 2. The number of aliphatic carboxylic acids is 1. The molecule has 0 spiro atoms. The Bertz CT molecular complexity index is 1060. The van der Waals surface area contributed by atoms with Crippen molar-refractivity contribution in [3.63, 3.8) is 0 Å². The van der Waals surface area contributed by atoms with E-state index in [-0.39, 0.29) is 25.0 Å². The third-order valence-corrected chi connectivity index (χ3v) is 5.87. The van der Waals surface area contributed by atoms with E-state index in [1.807, 2.05) is 37.4 Å². The Morgan fingerprint density at radius 3 is 2.38 bits per heavy atom. The molecule has 3 aromatic rings. The summed E-state index contributed by atoms with van der Waals surface area (Å²) in [6.07, 6.45) is 3.90. The third kappa shape index (κ3) is 4.82. The minimum Gasteiger partial charge on any atom is -0.481 e. The number of aryl methyl sites for hydroxylation is 1. The van der Waals surface area contributed by atoms with Crippen LogP contribution in [0.5, 0.6) is 0 Å². The number of ether oxygens (including phenoxy) is 1. The van der Waals surface area contributed by atoms with Crippen LogP contribution in [0.1, 0.15) is 42.4 Å². The van der Waals surface area contributed by atoms with Gasteiger partial charge in [-0.2, -0.15) is 5.10 Å². The van der Waals surface area contributed by atoms with Crippen molar-refractivity contribution < 1.29 is 19.4 Å². The molecule has 2 N–H and O–H groups in total. The van der Waals surface area contributed by atoms with E-state index in [1.54, 1.807) is 10.9 Å². The molecule has 0 fully saturated rings. The first-order valence-corrected chi connectivity index (χ1v) is 10.9. The van der Waals surface area contributed by atoms with Crippen molar-refractivity contribution in [3.05, 3.63) is 77.6 Å². The zero-order chi connectivity index (χ0) is 22.5. The monoisotopic (exact) mass is 433 g/mol. The Morgan fingerprint density at radius 2 is 1.78 bits per heavy atom. The standard InChI is InChI=1S/C25H27N3O4/c1-2-28-15-17(14-26-28)13-18(11-12-24(29)30)27-25(31)32-16-23-21-9-5-3-7-19(21)20-8-4-6-10-22(20)23/h3-10,14-15,18,23H,2,11-13,16H2,1H3,(H,27,31)(H,29,30). The molecule has 7 nitrogen and oxygen atoms in total. The number of fused-ring (bicyclic) bond motifs is 3. The van der Waals surface area contributed by atoms with Crippen molar-refractivity contribution in [3.8, 4) is 11.1 Å². The van der Waals surface area contributed by atoms with Gasteiger partial charge in [-0.15, -0.1) is 0 Å². The van der Waals surface area contributed by atoms with Crippen LogP contribution in [-0.4, -0.2) is 39.6 Å². The fourth-order valence-electron chi connectivity index (χ4n) is 4.30. The largest absolute Gasteiger partial charge is 0.481 e. The molecule has 7 heteroatoms. The molecule has 1 amide bonds. The molecule has 0 bridgehead atoms. The van der Waals surface area contributed by atoms with E-state index in [2.05, 4.69) is 34.7 Å². The number of alkyl carbamates (subject to hydrolysis) is 1. The van der Waals surface area contributed by atoms with Crippen molar-refractivity contribution in [1.82, 2.24) is 15.1 Å². The molecular formula is C25H27N3O4.